The fraction of sp³-hybridized carbons (Fsp3) is 0.389. The van der Waals surface area contributed by atoms with Gasteiger partial charge in [-0.1, -0.05) is 32.0 Å². The third kappa shape index (κ3) is 4.22. The van der Waals surface area contributed by atoms with Gasteiger partial charge < -0.3 is 10.6 Å². The van der Waals surface area contributed by atoms with E-state index in [0.717, 1.165) is 5.69 Å². The summed E-state index contributed by atoms with van der Waals surface area (Å²) in [6.07, 6.45) is 0. The van der Waals surface area contributed by atoms with Crippen LogP contribution in [0.4, 0.5) is 5.69 Å². The first-order chi connectivity index (χ1) is 11.4. The van der Waals surface area contributed by atoms with Crippen LogP contribution < -0.4 is 16.2 Å². The number of H-pyrrole nitrogens is 1. The van der Waals surface area contributed by atoms with Crippen LogP contribution in [0.2, 0.25) is 0 Å². The number of aryl methyl sites for hydroxylation is 1. The van der Waals surface area contributed by atoms with Gasteiger partial charge in [0, 0.05) is 18.3 Å². The number of anilines is 1. The predicted octanol–water partition coefficient (Wildman–Crippen LogP) is 2.25. The lowest BCUT2D eigenvalue weighted by Gasteiger charge is -2.24. The third-order valence-electron chi connectivity index (χ3n) is 4.11. The van der Waals surface area contributed by atoms with Gasteiger partial charge in [-0.05, 0) is 37.5 Å². The van der Waals surface area contributed by atoms with E-state index in [9.17, 15) is 9.59 Å². The molecule has 3 N–H and O–H groups in total. The van der Waals surface area contributed by atoms with E-state index in [4.69, 9.17) is 0 Å². The van der Waals surface area contributed by atoms with Crippen molar-refractivity contribution < 1.29 is 4.79 Å². The summed E-state index contributed by atoms with van der Waals surface area (Å²) in [4.78, 5) is 24.3. The highest BCUT2D eigenvalue weighted by molar-refractivity contribution is 5.95. The second-order valence-electron chi connectivity index (χ2n) is 6.21. The highest BCUT2D eigenvalue weighted by Crippen LogP contribution is 2.12. The second-order valence-corrected chi connectivity index (χ2v) is 6.21. The van der Waals surface area contributed by atoms with E-state index >= 15 is 0 Å². The Morgan fingerprint density at radius 1 is 1.21 bits per heavy atom. The molecule has 1 heterocycles. The molecule has 0 radical (unpaired) electrons. The molecule has 0 aliphatic rings. The first kappa shape index (κ1) is 17.7. The average molecular weight is 328 g/mol. The van der Waals surface area contributed by atoms with Crippen LogP contribution in [-0.2, 0) is 0 Å². The van der Waals surface area contributed by atoms with Gasteiger partial charge in [0.05, 0.1) is 5.69 Å². The summed E-state index contributed by atoms with van der Waals surface area (Å²) < 4.78 is 0. The number of hydrogen-bond acceptors (Lipinski definition) is 4. The first-order valence-electron chi connectivity index (χ1n) is 8.05. The average Bonchev–Trinajstić information content (AvgIpc) is 2.56. The Kier molecular flexibility index (Phi) is 5.73. The predicted molar refractivity (Wildman–Crippen MR) is 95.4 cm³/mol. The van der Waals surface area contributed by atoms with Gasteiger partial charge in [-0.25, -0.2) is 5.10 Å². The Bertz CT molecular complexity index is 753. The number of aromatic nitrogens is 2. The van der Waals surface area contributed by atoms with Crippen molar-refractivity contribution in [3.8, 4) is 0 Å². The SMILES string of the molecule is Cc1n[nH]c(=O)c(C(=O)NC[C@@H](Nc2ccccc2)C(C)C)c1C. The number of nitrogens with one attached hydrogen (secondary N) is 3. The van der Waals surface area contributed by atoms with E-state index in [1.807, 2.05) is 30.3 Å². The van der Waals surface area contributed by atoms with E-state index in [2.05, 4.69) is 34.7 Å². The molecular formula is C18H24N4O2. The number of aromatic amines is 1. The lowest BCUT2D eigenvalue weighted by molar-refractivity contribution is 0.0947. The van der Waals surface area contributed by atoms with E-state index in [0.29, 0.717) is 23.7 Å². The first-order valence-corrected chi connectivity index (χ1v) is 8.05. The molecule has 1 atom stereocenters. The lowest BCUT2D eigenvalue weighted by atomic mass is 10.0. The van der Waals surface area contributed by atoms with Crippen LogP contribution in [-0.4, -0.2) is 28.7 Å². The molecule has 2 aromatic rings. The molecule has 0 saturated carbocycles. The zero-order valence-corrected chi connectivity index (χ0v) is 14.5. The number of nitrogens with zero attached hydrogens (tertiary/aromatic N) is 1. The maximum atomic E-state index is 12.4. The largest absolute Gasteiger partial charge is 0.380 e. The van der Waals surface area contributed by atoms with Crippen molar-refractivity contribution in [3.05, 3.63) is 57.5 Å². The topological polar surface area (TPSA) is 86.9 Å². The zero-order valence-electron chi connectivity index (χ0n) is 14.5. The summed E-state index contributed by atoms with van der Waals surface area (Å²) in [5.41, 5.74) is 1.91. The Balaban J connectivity index is 2.08. The number of para-hydroxylation sites is 1. The molecule has 0 unspecified atom stereocenters. The Morgan fingerprint density at radius 3 is 2.50 bits per heavy atom. The zero-order chi connectivity index (χ0) is 17.7. The van der Waals surface area contributed by atoms with E-state index < -0.39 is 5.56 Å². The lowest BCUT2D eigenvalue weighted by Crippen LogP contribution is -2.41. The van der Waals surface area contributed by atoms with Crippen LogP contribution in [0.1, 0.15) is 35.5 Å². The molecule has 2 rings (SSSR count). The van der Waals surface area contributed by atoms with Crippen LogP contribution >= 0.6 is 0 Å². The number of carbonyl (C=O) groups excluding carboxylic acids is 1. The fourth-order valence-electron chi connectivity index (χ4n) is 2.39. The minimum Gasteiger partial charge on any atom is -0.380 e. The van der Waals surface area contributed by atoms with Crippen molar-refractivity contribution in [2.45, 2.75) is 33.7 Å². The molecule has 0 spiro atoms. The van der Waals surface area contributed by atoms with Gasteiger partial charge in [-0.3, -0.25) is 9.59 Å². The molecule has 1 amide bonds. The minimum absolute atomic E-state index is 0.0543. The van der Waals surface area contributed by atoms with Gasteiger partial charge in [0.2, 0.25) is 0 Å². The Labute approximate surface area is 141 Å². The molecule has 0 fully saturated rings. The molecule has 6 nitrogen and oxygen atoms in total. The van der Waals surface area contributed by atoms with Crippen LogP contribution in [0.3, 0.4) is 0 Å². The molecule has 0 aliphatic heterocycles. The normalized spacial score (nSPS) is 12.0. The van der Waals surface area contributed by atoms with Crippen LogP contribution in [0.5, 0.6) is 0 Å². The van der Waals surface area contributed by atoms with Gasteiger partial charge in [0.25, 0.3) is 11.5 Å². The summed E-state index contributed by atoms with van der Waals surface area (Å²) in [6, 6.07) is 9.90. The van der Waals surface area contributed by atoms with Crippen molar-refractivity contribution in [2.75, 3.05) is 11.9 Å². The smallest absolute Gasteiger partial charge is 0.277 e. The van der Waals surface area contributed by atoms with Gasteiger partial charge in [-0.15, -0.1) is 0 Å². The fourth-order valence-corrected chi connectivity index (χ4v) is 2.39. The van der Waals surface area contributed by atoms with E-state index in [-0.39, 0.29) is 17.5 Å². The molecule has 128 valence electrons. The molecule has 24 heavy (non-hydrogen) atoms. The van der Waals surface area contributed by atoms with Crippen molar-refractivity contribution >= 4 is 11.6 Å². The van der Waals surface area contributed by atoms with Gasteiger partial charge in [-0.2, -0.15) is 5.10 Å². The van der Waals surface area contributed by atoms with Gasteiger partial charge in [0.1, 0.15) is 5.56 Å². The number of amides is 1. The van der Waals surface area contributed by atoms with Crippen LogP contribution in [0, 0.1) is 19.8 Å². The molecule has 1 aromatic carbocycles. The van der Waals surface area contributed by atoms with Crippen molar-refractivity contribution in [1.29, 1.82) is 0 Å². The highest BCUT2D eigenvalue weighted by atomic mass is 16.2. The molecule has 6 heteroatoms. The number of rotatable bonds is 6. The third-order valence-corrected chi connectivity index (χ3v) is 4.11. The summed E-state index contributed by atoms with van der Waals surface area (Å²) in [6.45, 7) is 8.08. The van der Waals surface area contributed by atoms with Gasteiger partial charge >= 0.3 is 0 Å². The molecular weight excluding hydrogens is 304 g/mol. The number of carbonyl (C=O) groups is 1. The quantitative estimate of drug-likeness (QED) is 0.759. The molecule has 0 saturated heterocycles. The highest BCUT2D eigenvalue weighted by Gasteiger charge is 2.19. The molecule has 0 bridgehead atoms. The number of hydrogen-bond donors (Lipinski definition) is 3. The second kappa shape index (κ2) is 7.77. The maximum Gasteiger partial charge on any atom is 0.277 e. The van der Waals surface area contributed by atoms with Crippen LogP contribution in [0.15, 0.2) is 35.1 Å². The monoisotopic (exact) mass is 328 g/mol. The number of benzene rings is 1. The summed E-state index contributed by atoms with van der Waals surface area (Å²) in [5, 5.41) is 12.5. The molecule has 0 aliphatic carbocycles. The van der Waals surface area contributed by atoms with Gasteiger partial charge in [0.15, 0.2) is 0 Å². The molecule has 1 aromatic heterocycles. The Morgan fingerprint density at radius 2 is 1.88 bits per heavy atom. The standard InChI is InChI=1S/C18H24N4O2/c1-11(2)15(20-14-8-6-5-7-9-14)10-19-17(23)16-12(3)13(4)21-22-18(16)24/h5-9,11,15,20H,10H2,1-4H3,(H,19,23)(H,22,24)/t15-/m1/s1. The van der Waals surface area contributed by atoms with E-state index in [1.54, 1.807) is 13.8 Å². The summed E-state index contributed by atoms with van der Waals surface area (Å²) in [7, 11) is 0. The minimum atomic E-state index is -0.465. The summed E-state index contributed by atoms with van der Waals surface area (Å²) in [5.74, 6) is -0.0659. The van der Waals surface area contributed by atoms with E-state index in [1.165, 1.54) is 0 Å². The Hall–Kier alpha value is -2.63. The van der Waals surface area contributed by atoms with Crippen molar-refractivity contribution in [2.24, 2.45) is 5.92 Å². The van der Waals surface area contributed by atoms with Crippen LogP contribution in [0.25, 0.3) is 0 Å². The summed E-state index contributed by atoms with van der Waals surface area (Å²) >= 11 is 0. The van der Waals surface area contributed by atoms with Crippen molar-refractivity contribution in [3.63, 3.8) is 0 Å². The van der Waals surface area contributed by atoms with Crippen molar-refractivity contribution in [1.82, 2.24) is 15.5 Å². The maximum absolute atomic E-state index is 12.4.